The maximum Gasteiger partial charge on any atom is 0.263 e. The van der Waals surface area contributed by atoms with Crippen LogP contribution in [0, 0.1) is 6.92 Å². The number of rotatable bonds is 6. The van der Waals surface area contributed by atoms with Crippen LogP contribution in [-0.2, 0) is 11.3 Å². The summed E-state index contributed by atoms with van der Waals surface area (Å²) in [4.78, 5) is 31.8. The summed E-state index contributed by atoms with van der Waals surface area (Å²) in [7, 11) is 0. The van der Waals surface area contributed by atoms with Crippen LogP contribution in [0.1, 0.15) is 40.7 Å². The Balaban J connectivity index is 1.43. The van der Waals surface area contributed by atoms with Crippen molar-refractivity contribution in [2.24, 2.45) is 0 Å². The topological polar surface area (TPSA) is 74.3 Å². The molecule has 0 bridgehead atoms. The number of aryl methyl sites for hydroxylation is 1. The molecular formula is C20H25ClN4O2S. The van der Waals surface area contributed by atoms with Crippen LogP contribution in [0.15, 0.2) is 29.8 Å². The molecule has 6 nitrogen and oxygen atoms in total. The molecule has 1 aromatic heterocycles. The summed E-state index contributed by atoms with van der Waals surface area (Å²) in [6, 6.07) is 7.39. The molecule has 3 rings (SSSR count). The van der Waals surface area contributed by atoms with Crippen LogP contribution in [0.4, 0.5) is 0 Å². The fraction of sp³-hybridized carbons (Fsp3) is 0.450. The van der Waals surface area contributed by atoms with Gasteiger partial charge in [-0.3, -0.25) is 14.5 Å². The number of nitrogens with zero attached hydrogens (tertiary/aromatic N) is 2. The molecule has 0 radical (unpaired) electrons. The van der Waals surface area contributed by atoms with Gasteiger partial charge < -0.3 is 10.6 Å². The van der Waals surface area contributed by atoms with Gasteiger partial charge in [-0.2, -0.15) is 0 Å². The highest BCUT2D eigenvalue weighted by atomic mass is 35.5. The van der Waals surface area contributed by atoms with E-state index >= 15 is 0 Å². The standard InChI is InChI=1S/C20H25ClN4O2S/c1-13-18(28-12-23-13)20(27)24-17-7-9-25(10-8-17)14(2)19(26)22-11-15-3-5-16(21)6-4-15/h3-6,12,14,17H,7-11H2,1-2H3,(H,22,26)(H,24,27). The van der Waals surface area contributed by atoms with Crippen LogP contribution in [0.25, 0.3) is 0 Å². The van der Waals surface area contributed by atoms with Crippen molar-refractivity contribution < 1.29 is 9.59 Å². The molecule has 8 heteroatoms. The lowest BCUT2D eigenvalue weighted by molar-refractivity contribution is -0.126. The number of aromatic nitrogens is 1. The van der Waals surface area contributed by atoms with Crippen molar-refractivity contribution >= 4 is 34.8 Å². The largest absolute Gasteiger partial charge is 0.351 e. The fourth-order valence-electron chi connectivity index (χ4n) is 3.31. The third kappa shape index (κ3) is 5.31. The van der Waals surface area contributed by atoms with Crippen molar-refractivity contribution in [1.82, 2.24) is 20.5 Å². The Morgan fingerprint density at radius 2 is 1.96 bits per heavy atom. The number of likely N-dealkylation sites (tertiary alicyclic amines) is 1. The molecule has 0 saturated carbocycles. The number of amides is 2. The van der Waals surface area contributed by atoms with Crippen LogP contribution < -0.4 is 10.6 Å². The van der Waals surface area contributed by atoms with Crippen molar-refractivity contribution in [1.29, 1.82) is 0 Å². The minimum Gasteiger partial charge on any atom is -0.351 e. The summed E-state index contributed by atoms with van der Waals surface area (Å²) in [5.74, 6) is -0.0371. The summed E-state index contributed by atoms with van der Waals surface area (Å²) in [6.45, 7) is 5.82. The van der Waals surface area contributed by atoms with E-state index < -0.39 is 0 Å². The number of benzene rings is 1. The van der Waals surface area contributed by atoms with E-state index in [1.54, 1.807) is 5.51 Å². The minimum absolute atomic E-state index is 0.0118. The van der Waals surface area contributed by atoms with Crippen molar-refractivity contribution in [3.63, 3.8) is 0 Å². The van der Waals surface area contributed by atoms with Crippen LogP contribution >= 0.6 is 22.9 Å². The third-order valence-electron chi connectivity index (χ3n) is 5.12. The number of thiazole rings is 1. The van der Waals surface area contributed by atoms with E-state index in [2.05, 4.69) is 20.5 Å². The molecule has 150 valence electrons. The molecule has 1 aliphatic rings. The predicted octanol–water partition coefficient (Wildman–Crippen LogP) is 3.00. The first-order valence-corrected chi connectivity index (χ1v) is 10.7. The zero-order valence-electron chi connectivity index (χ0n) is 16.1. The number of halogens is 1. The lowest BCUT2D eigenvalue weighted by atomic mass is 10.0. The van der Waals surface area contributed by atoms with Gasteiger partial charge in [-0.15, -0.1) is 11.3 Å². The number of carbonyl (C=O) groups excluding carboxylic acids is 2. The van der Waals surface area contributed by atoms with Gasteiger partial charge in [0, 0.05) is 30.7 Å². The van der Waals surface area contributed by atoms with Gasteiger partial charge in [0.25, 0.3) is 5.91 Å². The van der Waals surface area contributed by atoms with Crippen molar-refractivity contribution in [2.75, 3.05) is 13.1 Å². The Labute approximate surface area is 174 Å². The van der Waals surface area contributed by atoms with E-state index in [1.165, 1.54) is 11.3 Å². The Morgan fingerprint density at radius 1 is 1.29 bits per heavy atom. The lowest BCUT2D eigenvalue weighted by Crippen LogP contribution is -2.51. The maximum atomic E-state index is 12.5. The highest BCUT2D eigenvalue weighted by Gasteiger charge is 2.27. The number of hydrogen-bond acceptors (Lipinski definition) is 5. The second-order valence-corrected chi connectivity index (χ2v) is 8.36. The maximum absolute atomic E-state index is 12.5. The highest BCUT2D eigenvalue weighted by Crippen LogP contribution is 2.17. The molecule has 1 aromatic carbocycles. The molecule has 1 aliphatic heterocycles. The monoisotopic (exact) mass is 420 g/mol. The van der Waals surface area contributed by atoms with Crippen LogP contribution in [0.5, 0.6) is 0 Å². The number of hydrogen-bond donors (Lipinski definition) is 2. The van der Waals surface area contributed by atoms with Gasteiger partial charge in [0.2, 0.25) is 5.91 Å². The molecule has 1 saturated heterocycles. The first-order chi connectivity index (χ1) is 13.4. The van der Waals surface area contributed by atoms with E-state index in [-0.39, 0.29) is 23.9 Å². The quantitative estimate of drug-likeness (QED) is 0.753. The van der Waals surface area contributed by atoms with Crippen LogP contribution in [-0.4, -0.2) is 46.9 Å². The molecule has 1 fully saturated rings. The SMILES string of the molecule is Cc1ncsc1C(=O)NC1CCN(C(C)C(=O)NCc2ccc(Cl)cc2)CC1. The van der Waals surface area contributed by atoms with Crippen LogP contribution in [0.3, 0.4) is 0 Å². The first kappa shape index (κ1) is 20.8. The highest BCUT2D eigenvalue weighted by molar-refractivity contribution is 7.11. The lowest BCUT2D eigenvalue weighted by Gasteiger charge is -2.35. The van der Waals surface area contributed by atoms with Crippen molar-refractivity contribution in [3.05, 3.63) is 50.9 Å². The summed E-state index contributed by atoms with van der Waals surface area (Å²) in [5, 5.41) is 6.76. The van der Waals surface area contributed by atoms with E-state index in [0.29, 0.717) is 16.4 Å². The predicted molar refractivity (Wildman–Crippen MR) is 112 cm³/mol. The fourth-order valence-corrected chi connectivity index (χ4v) is 4.14. The summed E-state index contributed by atoms with van der Waals surface area (Å²) in [6.07, 6.45) is 1.66. The van der Waals surface area contributed by atoms with Gasteiger partial charge in [-0.25, -0.2) is 4.98 Å². The molecule has 0 spiro atoms. The van der Waals surface area contributed by atoms with Gasteiger partial charge in [-0.05, 0) is 44.4 Å². The van der Waals surface area contributed by atoms with Crippen molar-refractivity contribution in [3.8, 4) is 0 Å². The van der Waals surface area contributed by atoms with E-state index in [4.69, 9.17) is 11.6 Å². The van der Waals surface area contributed by atoms with E-state index in [0.717, 1.165) is 37.2 Å². The van der Waals surface area contributed by atoms with Gasteiger partial charge >= 0.3 is 0 Å². The molecule has 1 atom stereocenters. The number of piperidine rings is 1. The van der Waals surface area contributed by atoms with Crippen molar-refractivity contribution in [2.45, 2.75) is 45.3 Å². The average Bonchev–Trinajstić information content (AvgIpc) is 3.13. The second-order valence-electron chi connectivity index (χ2n) is 7.07. The molecule has 28 heavy (non-hydrogen) atoms. The zero-order chi connectivity index (χ0) is 20.1. The Kier molecular flexibility index (Phi) is 7.04. The molecule has 2 aromatic rings. The molecular weight excluding hydrogens is 396 g/mol. The van der Waals surface area contributed by atoms with Gasteiger partial charge in [-0.1, -0.05) is 23.7 Å². The molecule has 1 unspecified atom stereocenters. The summed E-state index contributed by atoms with van der Waals surface area (Å²) in [5.41, 5.74) is 3.48. The van der Waals surface area contributed by atoms with Crippen LogP contribution in [0.2, 0.25) is 5.02 Å². The first-order valence-electron chi connectivity index (χ1n) is 9.41. The third-order valence-corrected chi connectivity index (χ3v) is 6.30. The molecule has 2 amide bonds. The van der Waals surface area contributed by atoms with Gasteiger partial charge in [0.05, 0.1) is 17.2 Å². The molecule has 0 aliphatic carbocycles. The van der Waals surface area contributed by atoms with E-state index in [1.807, 2.05) is 38.1 Å². The summed E-state index contributed by atoms with van der Waals surface area (Å²) < 4.78 is 0. The smallest absolute Gasteiger partial charge is 0.263 e. The van der Waals surface area contributed by atoms with Gasteiger partial charge in [0.15, 0.2) is 0 Å². The Bertz CT molecular complexity index is 816. The summed E-state index contributed by atoms with van der Waals surface area (Å²) >= 11 is 7.25. The zero-order valence-corrected chi connectivity index (χ0v) is 17.6. The number of carbonyl (C=O) groups is 2. The minimum atomic E-state index is -0.201. The van der Waals surface area contributed by atoms with Gasteiger partial charge in [0.1, 0.15) is 4.88 Å². The van der Waals surface area contributed by atoms with E-state index in [9.17, 15) is 9.59 Å². The molecule has 2 N–H and O–H groups in total. The average molecular weight is 421 g/mol. The Morgan fingerprint density at radius 3 is 2.57 bits per heavy atom. The Hall–Kier alpha value is -1.96. The molecule has 2 heterocycles. The second kappa shape index (κ2) is 9.49. The number of nitrogens with one attached hydrogen (secondary N) is 2. The normalized spacial score (nSPS) is 16.5.